The largest absolute Gasteiger partial charge is 0.399 e. The Morgan fingerprint density at radius 1 is 1.33 bits per heavy atom. The molecule has 1 saturated heterocycles. The first kappa shape index (κ1) is 12.2. The number of benzene rings is 1. The zero-order chi connectivity index (χ0) is 13.0. The van der Waals surface area contributed by atoms with E-state index in [1.54, 1.807) is 12.1 Å². The Kier molecular flexibility index (Phi) is 3.66. The van der Waals surface area contributed by atoms with Crippen molar-refractivity contribution in [3.8, 4) is 0 Å². The highest BCUT2D eigenvalue weighted by molar-refractivity contribution is 5.91. The van der Waals surface area contributed by atoms with E-state index in [-0.39, 0.29) is 5.96 Å². The van der Waals surface area contributed by atoms with Crippen LogP contribution in [0.25, 0.3) is 0 Å². The van der Waals surface area contributed by atoms with Crippen LogP contribution in [0.1, 0.15) is 12.0 Å². The second-order valence-corrected chi connectivity index (χ2v) is 4.21. The minimum Gasteiger partial charge on any atom is -0.399 e. The number of nitrogens with zero attached hydrogens (tertiary/aromatic N) is 2. The normalized spacial score (nSPS) is 15.1. The second-order valence-electron chi connectivity index (χ2n) is 4.21. The van der Waals surface area contributed by atoms with Gasteiger partial charge in [-0.2, -0.15) is 4.99 Å². The SMILES string of the molecule is NC(=NC(=O)NCc1ccc(N)cc1)N1CCC1. The number of likely N-dealkylation sites (tertiary alicyclic amines) is 1. The van der Waals surface area contributed by atoms with Crippen LogP contribution in [0.5, 0.6) is 0 Å². The molecule has 1 fully saturated rings. The minimum atomic E-state index is -0.420. The molecule has 0 atom stereocenters. The summed E-state index contributed by atoms with van der Waals surface area (Å²) in [7, 11) is 0. The fraction of sp³-hybridized carbons (Fsp3) is 0.333. The molecule has 0 unspecified atom stereocenters. The van der Waals surface area contributed by atoms with E-state index in [1.807, 2.05) is 17.0 Å². The highest BCUT2D eigenvalue weighted by Crippen LogP contribution is 2.06. The van der Waals surface area contributed by atoms with Crippen molar-refractivity contribution >= 4 is 17.7 Å². The quantitative estimate of drug-likeness (QED) is 0.403. The van der Waals surface area contributed by atoms with Crippen molar-refractivity contribution < 1.29 is 4.79 Å². The number of amides is 2. The fourth-order valence-electron chi connectivity index (χ4n) is 1.57. The highest BCUT2D eigenvalue weighted by atomic mass is 16.2. The van der Waals surface area contributed by atoms with Gasteiger partial charge in [0.2, 0.25) is 5.96 Å². The molecule has 2 amide bonds. The van der Waals surface area contributed by atoms with Crippen LogP contribution in [0.4, 0.5) is 10.5 Å². The molecule has 6 heteroatoms. The lowest BCUT2D eigenvalue weighted by molar-refractivity contribution is 0.247. The number of guanidine groups is 1. The molecule has 1 heterocycles. The molecular weight excluding hydrogens is 230 g/mol. The Hall–Kier alpha value is -2.24. The smallest absolute Gasteiger partial charge is 0.344 e. The summed E-state index contributed by atoms with van der Waals surface area (Å²) >= 11 is 0. The minimum absolute atomic E-state index is 0.288. The number of urea groups is 1. The maximum atomic E-state index is 11.5. The summed E-state index contributed by atoms with van der Waals surface area (Å²) in [5.41, 5.74) is 12.9. The molecule has 96 valence electrons. The van der Waals surface area contributed by atoms with Crippen molar-refractivity contribution in [3.63, 3.8) is 0 Å². The number of nitrogens with two attached hydrogens (primary N) is 2. The zero-order valence-electron chi connectivity index (χ0n) is 10.1. The van der Waals surface area contributed by atoms with E-state index in [9.17, 15) is 4.79 Å². The van der Waals surface area contributed by atoms with Gasteiger partial charge < -0.3 is 21.7 Å². The maximum absolute atomic E-state index is 11.5. The van der Waals surface area contributed by atoms with Crippen LogP contribution in [0, 0.1) is 0 Å². The van der Waals surface area contributed by atoms with Gasteiger partial charge in [0, 0.05) is 25.3 Å². The van der Waals surface area contributed by atoms with Crippen molar-refractivity contribution in [1.82, 2.24) is 10.2 Å². The number of carbonyl (C=O) groups excluding carboxylic acids is 1. The Morgan fingerprint density at radius 2 is 2.00 bits per heavy atom. The number of carbonyl (C=O) groups is 1. The molecule has 0 aliphatic carbocycles. The summed E-state index contributed by atoms with van der Waals surface area (Å²) in [6, 6.07) is 6.88. The number of anilines is 1. The maximum Gasteiger partial charge on any atom is 0.344 e. The van der Waals surface area contributed by atoms with Crippen LogP contribution < -0.4 is 16.8 Å². The van der Waals surface area contributed by atoms with Gasteiger partial charge in [-0.15, -0.1) is 0 Å². The molecule has 5 N–H and O–H groups in total. The lowest BCUT2D eigenvalue weighted by Crippen LogP contribution is -2.47. The molecule has 0 radical (unpaired) electrons. The summed E-state index contributed by atoms with van der Waals surface area (Å²) < 4.78 is 0. The van der Waals surface area contributed by atoms with E-state index in [0.29, 0.717) is 12.2 Å². The molecule has 2 rings (SSSR count). The average Bonchev–Trinajstić information content (AvgIpc) is 2.25. The summed E-state index contributed by atoms with van der Waals surface area (Å²) in [5.74, 6) is 0.288. The number of hydrogen-bond acceptors (Lipinski definition) is 2. The number of rotatable bonds is 2. The molecule has 1 aromatic carbocycles. The summed E-state index contributed by atoms with van der Waals surface area (Å²) in [6.45, 7) is 2.16. The van der Waals surface area contributed by atoms with Crippen molar-refractivity contribution in [2.75, 3.05) is 18.8 Å². The van der Waals surface area contributed by atoms with E-state index in [2.05, 4.69) is 10.3 Å². The van der Waals surface area contributed by atoms with Crippen molar-refractivity contribution in [1.29, 1.82) is 0 Å². The molecule has 6 nitrogen and oxygen atoms in total. The summed E-state index contributed by atoms with van der Waals surface area (Å²) in [6.07, 6.45) is 1.10. The Morgan fingerprint density at radius 3 is 2.56 bits per heavy atom. The number of aliphatic imine (C=N–C) groups is 1. The predicted octanol–water partition coefficient (Wildman–Crippen LogP) is 0.499. The monoisotopic (exact) mass is 247 g/mol. The first-order chi connectivity index (χ1) is 8.65. The molecule has 0 spiro atoms. The molecule has 1 aliphatic rings. The Labute approximate surface area is 106 Å². The third kappa shape index (κ3) is 3.13. The van der Waals surface area contributed by atoms with E-state index in [0.717, 1.165) is 25.1 Å². The number of hydrogen-bond donors (Lipinski definition) is 3. The molecule has 0 aromatic heterocycles. The van der Waals surface area contributed by atoms with Gasteiger partial charge in [-0.05, 0) is 24.1 Å². The van der Waals surface area contributed by atoms with Gasteiger partial charge in [0.1, 0.15) is 0 Å². The first-order valence-corrected chi connectivity index (χ1v) is 5.86. The zero-order valence-corrected chi connectivity index (χ0v) is 10.1. The third-order valence-corrected chi connectivity index (χ3v) is 2.82. The Balaban J connectivity index is 1.82. The average molecular weight is 247 g/mol. The molecule has 0 bridgehead atoms. The van der Waals surface area contributed by atoms with Gasteiger partial charge in [-0.3, -0.25) is 0 Å². The van der Waals surface area contributed by atoms with E-state index >= 15 is 0 Å². The van der Waals surface area contributed by atoms with Crippen LogP contribution >= 0.6 is 0 Å². The van der Waals surface area contributed by atoms with Gasteiger partial charge >= 0.3 is 6.03 Å². The van der Waals surface area contributed by atoms with Crippen molar-refractivity contribution in [2.45, 2.75) is 13.0 Å². The van der Waals surface area contributed by atoms with Crippen LogP contribution in [0.15, 0.2) is 29.3 Å². The molecule has 1 aliphatic heterocycles. The van der Waals surface area contributed by atoms with Gasteiger partial charge in [0.05, 0.1) is 0 Å². The molecular formula is C12H17N5O. The van der Waals surface area contributed by atoms with E-state index < -0.39 is 6.03 Å². The van der Waals surface area contributed by atoms with Gasteiger partial charge in [-0.1, -0.05) is 12.1 Å². The third-order valence-electron chi connectivity index (χ3n) is 2.82. The molecule has 18 heavy (non-hydrogen) atoms. The van der Waals surface area contributed by atoms with Gasteiger partial charge in [0.25, 0.3) is 0 Å². The van der Waals surface area contributed by atoms with Crippen molar-refractivity contribution in [3.05, 3.63) is 29.8 Å². The molecule has 0 saturated carbocycles. The predicted molar refractivity (Wildman–Crippen MR) is 70.9 cm³/mol. The van der Waals surface area contributed by atoms with Crippen LogP contribution in [0.2, 0.25) is 0 Å². The van der Waals surface area contributed by atoms with E-state index in [4.69, 9.17) is 11.5 Å². The lowest BCUT2D eigenvalue weighted by atomic mass is 10.2. The highest BCUT2D eigenvalue weighted by Gasteiger charge is 2.16. The van der Waals surface area contributed by atoms with Crippen molar-refractivity contribution in [2.24, 2.45) is 10.7 Å². The second kappa shape index (κ2) is 5.39. The summed E-state index contributed by atoms with van der Waals surface area (Å²) in [4.78, 5) is 17.1. The Bertz CT molecular complexity index is 450. The topological polar surface area (TPSA) is 96.7 Å². The molecule has 1 aromatic rings. The van der Waals surface area contributed by atoms with Crippen LogP contribution in [0.3, 0.4) is 0 Å². The summed E-state index contributed by atoms with van der Waals surface area (Å²) in [5, 5.41) is 2.68. The lowest BCUT2D eigenvalue weighted by Gasteiger charge is -2.31. The fourth-order valence-corrected chi connectivity index (χ4v) is 1.57. The van der Waals surface area contributed by atoms with Crippen LogP contribution in [-0.2, 0) is 6.54 Å². The first-order valence-electron chi connectivity index (χ1n) is 5.86. The number of nitrogens with one attached hydrogen (secondary N) is 1. The standard InChI is InChI=1S/C12H17N5O/c13-10-4-2-9(3-5-10)8-15-12(18)16-11(14)17-6-1-7-17/h2-5H,1,6-8,13H2,(H3,14,15,16,18). The van der Waals surface area contributed by atoms with Crippen LogP contribution in [-0.4, -0.2) is 30.0 Å². The van der Waals surface area contributed by atoms with Gasteiger partial charge in [0.15, 0.2) is 0 Å². The van der Waals surface area contributed by atoms with Gasteiger partial charge in [-0.25, -0.2) is 4.79 Å². The van der Waals surface area contributed by atoms with E-state index in [1.165, 1.54) is 0 Å². The number of nitrogen functional groups attached to an aromatic ring is 1.